The third-order valence-electron chi connectivity index (χ3n) is 4.37. The first-order valence-electron chi connectivity index (χ1n) is 9.46. The zero-order chi connectivity index (χ0) is 19.1. The van der Waals surface area contributed by atoms with Crippen molar-refractivity contribution in [2.24, 2.45) is 16.6 Å². The maximum absolute atomic E-state index is 6.06. The fraction of sp³-hybridized carbons (Fsp3) is 0.450. The van der Waals surface area contributed by atoms with E-state index in [0.717, 1.165) is 43.3 Å². The monoisotopic (exact) mass is 368 g/mol. The molecule has 1 aliphatic rings. The molecule has 27 heavy (non-hydrogen) atoms. The molecule has 0 saturated carbocycles. The van der Waals surface area contributed by atoms with E-state index >= 15 is 0 Å². The van der Waals surface area contributed by atoms with E-state index in [1.165, 1.54) is 0 Å². The van der Waals surface area contributed by atoms with Gasteiger partial charge in [-0.15, -0.1) is 0 Å². The number of guanidine groups is 1. The van der Waals surface area contributed by atoms with Crippen LogP contribution in [0.4, 0.5) is 11.6 Å². The van der Waals surface area contributed by atoms with Gasteiger partial charge in [-0.05, 0) is 62.9 Å². The SMILES string of the molecule is CC(C)Oc1ccc(NC(N)=NCC2CCCN(c3ncccn3)C2)cc1. The Kier molecular flexibility index (Phi) is 6.46. The van der Waals surface area contributed by atoms with Gasteiger partial charge in [0.2, 0.25) is 5.95 Å². The summed E-state index contributed by atoms with van der Waals surface area (Å²) in [7, 11) is 0. The predicted molar refractivity (Wildman–Crippen MR) is 109 cm³/mol. The number of aromatic nitrogens is 2. The Morgan fingerprint density at radius 2 is 2.04 bits per heavy atom. The summed E-state index contributed by atoms with van der Waals surface area (Å²) in [5, 5.41) is 3.14. The fourth-order valence-corrected chi connectivity index (χ4v) is 3.15. The molecule has 1 saturated heterocycles. The number of benzene rings is 1. The molecule has 1 aromatic heterocycles. The van der Waals surface area contributed by atoms with E-state index in [-0.39, 0.29) is 6.10 Å². The Hall–Kier alpha value is -2.83. The topological polar surface area (TPSA) is 88.7 Å². The van der Waals surface area contributed by atoms with Crippen LogP contribution in [0.1, 0.15) is 26.7 Å². The second-order valence-corrected chi connectivity index (χ2v) is 7.04. The van der Waals surface area contributed by atoms with Crippen molar-refractivity contribution in [1.82, 2.24) is 9.97 Å². The van der Waals surface area contributed by atoms with Crippen LogP contribution in [0.25, 0.3) is 0 Å². The summed E-state index contributed by atoms with van der Waals surface area (Å²) in [5.74, 6) is 2.52. The van der Waals surface area contributed by atoms with Gasteiger partial charge in [-0.3, -0.25) is 4.99 Å². The number of piperidine rings is 1. The van der Waals surface area contributed by atoms with E-state index in [2.05, 4.69) is 25.2 Å². The number of rotatable bonds is 6. The summed E-state index contributed by atoms with van der Waals surface area (Å²) in [6.45, 7) is 6.60. The minimum absolute atomic E-state index is 0.159. The van der Waals surface area contributed by atoms with Gasteiger partial charge < -0.3 is 20.7 Å². The van der Waals surface area contributed by atoms with Crippen LogP contribution in [-0.2, 0) is 0 Å². The number of ether oxygens (including phenoxy) is 1. The first-order chi connectivity index (χ1) is 13.1. The van der Waals surface area contributed by atoms with Gasteiger partial charge in [0, 0.05) is 37.7 Å². The number of hydrogen-bond donors (Lipinski definition) is 2. The lowest BCUT2D eigenvalue weighted by molar-refractivity contribution is 0.242. The standard InChI is InChI=1S/C20H28N6O/c1-15(2)27-18-8-6-17(7-9-18)25-19(21)24-13-16-5-3-12-26(14-16)20-22-10-4-11-23-20/h4,6-11,15-16H,3,5,12-14H2,1-2H3,(H3,21,24,25). The Morgan fingerprint density at radius 1 is 1.30 bits per heavy atom. The molecule has 144 valence electrons. The van der Waals surface area contributed by atoms with Crippen molar-refractivity contribution in [1.29, 1.82) is 0 Å². The number of nitrogens with two attached hydrogens (primary N) is 1. The van der Waals surface area contributed by atoms with E-state index in [0.29, 0.717) is 18.4 Å². The molecule has 7 heteroatoms. The van der Waals surface area contributed by atoms with Gasteiger partial charge in [-0.25, -0.2) is 9.97 Å². The molecule has 0 amide bonds. The van der Waals surface area contributed by atoms with Crippen molar-refractivity contribution in [2.45, 2.75) is 32.8 Å². The lowest BCUT2D eigenvalue weighted by Gasteiger charge is -2.31. The van der Waals surface area contributed by atoms with Crippen molar-refractivity contribution in [3.8, 4) is 5.75 Å². The first-order valence-corrected chi connectivity index (χ1v) is 9.46. The molecule has 0 radical (unpaired) electrons. The maximum atomic E-state index is 6.06. The van der Waals surface area contributed by atoms with E-state index in [4.69, 9.17) is 10.5 Å². The Morgan fingerprint density at radius 3 is 2.74 bits per heavy atom. The maximum Gasteiger partial charge on any atom is 0.225 e. The second-order valence-electron chi connectivity index (χ2n) is 7.04. The number of aliphatic imine (C=N–C) groups is 1. The third kappa shape index (κ3) is 5.84. The van der Waals surface area contributed by atoms with Crippen LogP contribution in [0.15, 0.2) is 47.7 Å². The number of anilines is 2. The Balaban J connectivity index is 1.51. The Bertz CT molecular complexity index is 732. The predicted octanol–water partition coefficient (Wildman–Crippen LogP) is 2.91. The number of nitrogens with one attached hydrogen (secondary N) is 1. The normalized spacial score (nSPS) is 17.8. The van der Waals surface area contributed by atoms with Gasteiger partial charge in [-0.2, -0.15) is 0 Å². The van der Waals surface area contributed by atoms with Crippen LogP contribution in [0.2, 0.25) is 0 Å². The summed E-state index contributed by atoms with van der Waals surface area (Å²) in [6.07, 6.45) is 5.98. The van der Waals surface area contributed by atoms with Crippen molar-refractivity contribution in [2.75, 3.05) is 29.9 Å². The second kappa shape index (κ2) is 9.21. The van der Waals surface area contributed by atoms with Crippen molar-refractivity contribution < 1.29 is 4.74 Å². The van der Waals surface area contributed by atoms with E-state index in [9.17, 15) is 0 Å². The molecule has 0 aliphatic carbocycles. The van der Waals surface area contributed by atoms with E-state index in [1.807, 2.05) is 44.2 Å². The van der Waals surface area contributed by atoms with Crippen LogP contribution >= 0.6 is 0 Å². The highest BCUT2D eigenvalue weighted by Gasteiger charge is 2.21. The average Bonchev–Trinajstić information content (AvgIpc) is 2.68. The number of hydrogen-bond acceptors (Lipinski definition) is 5. The van der Waals surface area contributed by atoms with Crippen LogP contribution in [0, 0.1) is 5.92 Å². The van der Waals surface area contributed by atoms with Crippen molar-refractivity contribution >= 4 is 17.6 Å². The van der Waals surface area contributed by atoms with Gasteiger partial charge in [0.25, 0.3) is 0 Å². The lowest BCUT2D eigenvalue weighted by Crippen LogP contribution is -2.38. The van der Waals surface area contributed by atoms with Gasteiger partial charge >= 0.3 is 0 Å². The van der Waals surface area contributed by atoms with Gasteiger partial charge in [0.15, 0.2) is 5.96 Å². The van der Waals surface area contributed by atoms with Crippen LogP contribution < -0.4 is 20.7 Å². The van der Waals surface area contributed by atoms with Crippen molar-refractivity contribution in [3.05, 3.63) is 42.7 Å². The minimum atomic E-state index is 0.159. The highest BCUT2D eigenvalue weighted by Crippen LogP contribution is 2.20. The largest absolute Gasteiger partial charge is 0.491 e. The molecule has 1 unspecified atom stereocenters. The molecule has 1 aliphatic heterocycles. The lowest BCUT2D eigenvalue weighted by atomic mass is 9.98. The first kappa shape index (κ1) is 18.9. The highest BCUT2D eigenvalue weighted by molar-refractivity contribution is 5.92. The zero-order valence-corrected chi connectivity index (χ0v) is 16.0. The van der Waals surface area contributed by atoms with Crippen LogP contribution in [0.3, 0.4) is 0 Å². The van der Waals surface area contributed by atoms with Crippen LogP contribution in [0.5, 0.6) is 5.75 Å². The molecule has 2 aromatic rings. The van der Waals surface area contributed by atoms with Crippen molar-refractivity contribution in [3.63, 3.8) is 0 Å². The van der Waals surface area contributed by atoms with Gasteiger partial charge in [0.1, 0.15) is 5.75 Å². The Labute approximate surface area is 160 Å². The quantitative estimate of drug-likeness (QED) is 0.602. The molecular formula is C20H28N6O. The molecule has 7 nitrogen and oxygen atoms in total. The molecule has 3 rings (SSSR count). The minimum Gasteiger partial charge on any atom is -0.491 e. The molecular weight excluding hydrogens is 340 g/mol. The average molecular weight is 368 g/mol. The summed E-state index contributed by atoms with van der Waals surface area (Å²) < 4.78 is 5.64. The smallest absolute Gasteiger partial charge is 0.225 e. The van der Waals surface area contributed by atoms with Crippen LogP contribution in [-0.4, -0.2) is 41.7 Å². The summed E-state index contributed by atoms with van der Waals surface area (Å²) in [5.41, 5.74) is 6.96. The molecule has 1 atom stereocenters. The van der Waals surface area contributed by atoms with Gasteiger partial charge in [0.05, 0.1) is 6.10 Å². The summed E-state index contributed by atoms with van der Waals surface area (Å²) in [4.78, 5) is 15.4. The zero-order valence-electron chi connectivity index (χ0n) is 16.0. The summed E-state index contributed by atoms with van der Waals surface area (Å²) in [6, 6.07) is 9.57. The molecule has 1 aromatic carbocycles. The fourth-order valence-electron chi connectivity index (χ4n) is 3.15. The van der Waals surface area contributed by atoms with E-state index < -0.39 is 0 Å². The number of nitrogens with zero attached hydrogens (tertiary/aromatic N) is 4. The summed E-state index contributed by atoms with van der Waals surface area (Å²) >= 11 is 0. The van der Waals surface area contributed by atoms with E-state index in [1.54, 1.807) is 12.4 Å². The molecule has 3 N–H and O–H groups in total. The molecule has 0 spiro atoms. The van der Waals surface area contributed by atoms with Gasteiger partial charge in [-0.1, -0.05) is 0 Å². The highest BCUT2D eigenvalue weighted by atomic mass is 16.5. The molecule has 1 fully saturated rings. The molecule has 0 bridgehead atoms. The third-order valence-corrected chi connectivity index (χ3v) is 4.37. The molecule has 2 heterocycles.